The second kappa shape index (κ2) is 7.64. The first kappa shape index (κ1) is 17.5. The lowest BCUT2D eigenvalue weighted by Crippen LogP contribution is -2.23. The molecule has 5 heteroatoms. The van der Waals surface area contributed by atoms with Gasteiger partial charge in [0, 0.05) is 0 Å². The summed E-state index contributed by atoms with van der Waals surface area (Å²) in [4.78, 5) is 23.6. The molecule has 0 spiro atoms. The number of hydrogen-bond acceptors (Lipinski definition) is 5. The van der Waals surface area contributed by atoms with Crippen molar-refractivity contribution in [2.75, 3.05) is 6.61 Å². The summed E-state index contributed by atoms with van der Waals surface area (Å²) in [6.45, 7) is 5.20. The van der Waals surface area contributed by atoms with Gasteiger partial charge in [0.1, 0.15) is 17.1 Å². The Morgan fingerprint density at radius 1 is 0.875 bits per heavy atom. The van der Waals surface area contributed by atoms with Gasteiger partial charge in [0.2, 0.25) is 0 Å². The predicted octanol–water partition coefficient (Wildman–Crippen LogP) is 3.63. The van der Waals surface area contributed by atoms with Crippen LogP contribution in [0.2, 0.25) is 0 Å². The zero-order chi connectivity index (χ0) is 17.6. The van der Waals surface area contributed by atoms with Gasteiger partial charge in [-0.15, -0.1) is 0 Å². The van der Waals surface area contributed by atoms with Crippen molar-refractivity contribution >= 4 is 11.9 Å². The molecule has 0 aliphatic rings. The molecule has 2 rings (SSSR count). The molecule has 24 heavy (non-hydrogen) atoms. The summed E-state index contributed by atoms with van der Waals surface area (Å²) in [6, 6.07) is 15.2. The van der Waals surface area contributed by atoms with Gasteiger partial charge in [-0.25, -0.2) is 9.59 Å². The highest BCUT2D eigenvalue weighted by molar-refractivity contribution is 5.89. The van der Waals surface area contributed by atoms with E-state index in [0.29, 0.717) is 17.1 Å². The minimum absolute atomic E-state index is 0.222. The van der Waals surface area contributed by atoms with Gasteiger partial charge in [0.15, 0.2) is 6.61 Å². The molecule has 0 fully saturated rings. The molecule has 0 saturated heterocycles. The number of para-hydroxylation sites is 1. The van der Waals surface area contributed by atoms with Crippen LogP contribution in [-0.4, -0.2) is 24.1 Å². The van der Waals surface area contributed by atoms with Crippen molar-refractivity contribution in [2.24, 2.45) is 0 Å². The van der Waals surface area contributed by atoms with Crippen LogP contribution in [0, 0.1) is 0 Å². The van der Waals surface area contributed by atoms with E-state index in [2.05, 4.69) is 0 Å². The molecule has 0 saturated carbocycles. The first-order valence-electron chi connectivity index (χ1n) is 7.55. The maximum absolute atomic E-state index is 11.9. The Bertz CT molecular complexity index is 684. The van der Waals surface area contributed by atoms with Crippen molar-refractivity contribution in [1.29, 1.82) is 0 Å². The van der Waals surface area contributed by atoms with E-state index in [9.17, 15) is 9.59 Å². The number of carbonyl (C=O) groups is 2. The van der Waals surface area contributed by atoms with Crippen molar-refractivity contribution in [3.63, 3.8) is 0 Å². The summed E-state index contributed by atoms with van der Waals surface area (Å²) in [7, 11) is 0. The monoisotopic (exact) mass is 328 g/mol. The molecular formula is C19H20O5. The number of benzene rings is 2. The topological polar surface area (TPSA) is 61.8 Å². The third-order valence-electron chi connectivity index (χ3n) is 2.82. The minimum atomic E-state index is -0.548. The lowest BCUT2D eigenvalue weighted by atomic mass is 10.1. The molecule has 0 aromatic heterocycles. The van der Waals surface area contributed by atoms with Crippen molar-refractivity contribution in [2.45, 2.75) is 26.4 Å². The van der Waals surface area contributed by atoms with Crippen LogP contribution < -0.4 is 9.47 Å². The molecule has 5 nitrogen and oxygen atoms in total. The fourth-order valence-corrected chi connectivity index (χ4v) is 1.82. The average Bonchev–Trinajstić information content (AvgIpc) is 2.53. The summed E-state index contributed by atoms with van der Waals surface area (Å²) < 4.78 is 15.7. The van der Waals surface area contributed by atoms with Crippen LogP contribution in [0.3, 0.4) is 0 Å². The Hall–Kier alpha value is -2.82. The van der Waals surface area contributed by atoms with Gasteiger partial charge in [-0.3, -0.25) is 0 Å². The van der Waals surface area contributed by atoms with E-state index in [4.69, 9.17) is 14.2 Å². The lowest BCUT2D eigenvalue weighted by molar-refractivity contribution is -0.136. The number of rotatable bonds is 5. The third-order valence-corrected chi connectivity index (χ3v) is 2.82. The van der Waals surface area contributed by atoms with E-state index in [1.54, 1.807) is 69.3 Å². The highest BCUT2D eigenvalue weighted by atomic mass is 16.6. The van der Waals surface area contributed by atoms with Crippen molar-refractivity contribution in [3.8, 4) is 11.5 Å². The van der Waals surface area contributed by atoms with E-state index in [1.165, 1.54) is 0 Å². The minimum Gasteiger partial charge on any atom is -0.482 e. The van der Waals surface area contributed by atoms with Crippen LogP contribution in [0.15, 0.2) is 54.6 Å². The van der Waals surface area contributed by atoms with Gasteiger partial charge in [-0.05, 0) is 57.2 Å². The van der Waals surface area contributed by atoms with Gasteiger partial charge in [0.05, 0.1) is 5.56 Å². The smallest absolute Gasteiger partial charge is 0.349 e. The molecule has 2 aromatic rings. The maximum atomic E-state index is 11.9. The molecule has 0 heterocycles. The molecule has 0 aliphatic heterocycles. The van der Waals surface area contributed by atoms with E-state index >= 15 is 0 Å². The first-order valence-corrected chi connectivity index (χ1v) is 7.55. The number of carbonyl (C=O) groups excluding carboxylic acids is 2. The second-order valence-corrected chi connectivity index (χ2v) is 6.10. The largest absolute Gasteiger partial charge is 0.482 e. The van der Waals surface area contributed by atoms with E-state index < -0.39 is 17.5 Å². The zero-order valence-electron chi connectivity index (χ0n) is 13.9. The van der Waals surface area contributed by atoms with Crippen molar-refractivity contribution in [3.05, 3.63) is 60.2 Å². The van der Waals surface area contributed by atoms with Crippen molar-refractivity contribution in [1.82, 2.24) is 0 Å². The fourth-order valence-electron chi connectivity index (χ4n) is 1.82. The Balaban J connectivity index is 1.85. The quantitative estimate of drug-likeness (QED) is 0.619. The average molecular weight is 328 g/mol. The summed E-state index contributed by atoms with van der Waals surface area (Å²) in [5.74, 6) is 0.0219. The van der Waals surface area contributed by atoms with E-state index in [-0.39, 0.29) is 6.61 Å². The van der Waals surface area contributed by atoms with E-state index in [1.807, 2.05) is 6.07 Å². The fraction of sp³-hybridized carbons (Fsp3) is 0.263. The number of esters is 2. The predicted molar refractivity (Wildman–Crippen MR) is 89.2 cm³/mol. The molecule has 0 bridgehead atoms. The standard InChI is InChI=1S/C19H20O5/c1-19(2,3)24-18(21)14-9-11-15(12-10-14)22-13-17(20)23-16-7-5-4-6-8-16/h4-12H,13H2,1-3H3. The van der Waals surface area contributed by atoms with Crippen LogP contribution in [-0.2, 0) is 9.53 Å². The zero-order valence-corrected chi connectivity index (χ0v) is 13.9. The SMILES string of the molecule is CC(C)(C)OC(=O)c1ccc(OCC(=O)Oc2ccccc2)cc1. The number of ether oxygens (including phenoxy) is 3. The molecule has 126 valence electrons. The molecule has 0 aliphatic carbocycles. The second-order valence-electron chi connectivity index (χ2n) is 6.10. The lowest BCUT2D eigenvalue weighted by Gasteiger charge is -2.19. The van der Waals surface area contributed by atoms with Crippen LogP contribution in [0.4, 0.5) is 0 Å². The summed E-state index contributed by atoms with van der Waals surface area (Å²) in [6.07, 6.45) is 0. The normalized spacial score (nSPS) is 10.8. The number of hydrogen-bond donors (Lipinski definition) is 0. The summed E-state index contributed by atoms with van der Waals surface area (Å²) in [5.41, 5.74) is -0.128. The van der Waals surface area contributed by atoms with Crippen molar-refractivity contribution < 1.29 is 23.8 Å². The molecular weight excluding hydrogens is 308 g/mol. The Labute approximate surface area is 141 Å². The molecule has 0 N–H and O–H groups in total. The highest BCUT2D eigenvalue weighted by Gasteiger charge is 2.17. The Kier molecular flexibility index (Phi) is 5.58. The summed E-state index contributed by atoms with van der Waals surface area (Å²) in [5, 5.41) is 0. The van der Waals surface area contributed by atoms with Gasteiger partial charge < -0.3 is 14.2 Å². The third kappa shape index (κ3) is 5.76. The van der Waals surface area contributed by atoms with Gasteiger partial charge >= 0.3 is 11.9 Å². The summed E-state index contributed by atoms with van der Waals surface area (Å²) >= 11 is 0. The van der Waals surface area contributed by atoms with Gasteiger partial charge in [-0.1, -0.05) is 18.2 Å². The molecule has 2 aromatic carbocycles. The Morgan fingerprint density at radius 2 is 1.50 bits per heavy atom. The van der Waals surface area contributed by atoms with Crippen LogP contribution >= 0.6 is 0 Å². The molecule has 0 amide bonds. The van der Waals surface area contributed by atoms with Gasteiger partial charge in [-0.2, -0.15) is 0 Å². The van der Waals surface area contributed by atoms with E-state index in [0.717, 1.165) is 0 Å². The van der Waals surface area contributed by atoms with Crippen LogP contribution in [0.5, 0.6) is 11.5 Å². The Morgan fingerprint density at radius 3 is 2.08 bits per heavy atom. The molecule has 0 atom stereocenters. The van der Waals surface area contributed by atoms with Gasteiger partial charge in [0.25, 0.3) is 0 Å². The first-order chi connectivity index (χ1) is 11.3. The van der Waals surface area contributed by atoms with Crippen LogP contribution in [0.1, 0.15) is 31.1 Å². The maximum Gasteiger partial charge on any atom is 0.349 e. The molecule has 0 unspecified atom stereocenters. The highest BCUT2D eigenvalue weighted by Crippen LogP contribution is 2.16. The molecule has 0 radical (unpaired) electrons. The van der Waals surface area contributed by atoms with Crippen LogP contribution in [0.25, 0.3) is 0 Å².